The molecule has 6 rings (SSSR count). The average Bonchev–Trinajstić information content (AvgIpc) is 3.31. The van der Waals surface area contributed by atoms with Gasteiger partial charge in [-0.2, -0.15) is 0 Å². The van der Waals surface area contributed by atoms with Crippen molar-refractivity contribution in [3.8, 4) is 5.75 Å². The number of amides is 1. The van der Waals surface area contributed by atoms with Gasteiger partial charge in [0.2, 0.25) is 5.43 Å². The molecule has 3 aliphatic heterocycles. The van der Waals surface area contributed by atoms with Gasteiger partial charge in [0.05, 0.1) is 34.9 Å². The van der Waals surface area contributed by atoms with E-state index in [2.05, 4.69) is 0 Å². The Bertz CT molecular complexity index is 1620. The van der Waals surface area contributed by atoms with Crippen molar-refractivity contribution in [2.24, 2.45) is 0 Å². The maximum atomic E-state index is 15.6. The van der Waals surface area contributed by atoms with Crippen molar-refractivity contribution >= 4 is 40.0 Å². The van der Waals surface area contributed by atoms with Crippen molar-refractivity contribution in [2.45, 2.75) is 38.8 Å². The van der Waals surface area contributed by atoms with Gasteiger partial charge in [-0.1, -0.05) is 13.3 Å². The van der Waals surface area contributed by atoms with E-state index < -0.39 is 34.7 Å². The highest BCUT2D eigenvalue weighted by molar-refractivity contribution is 5.97. The quantitative estimate of drug-likeness (QED) is 0.467. The molecule has 41 heavy (non-hydrogen) atoms. The van der Waals surface area contributed by atoms with E-state index >= 15 is 8.78 Å². The van der Waals surface area contributed by atoms with Crippen molar-refractivity contribution in [1.29, 1.82) is 0 Å². The number of rotatable bonds is 6. The van der Waals surface area contributed by atoms with Gasteiger partial charge < -0.3 is 28.9 Å². The first-order valence-electron chi connectivity index (χ1n) is 13.7. The molecule has 4 heterocycles. The van der Waals surface area contributed by atoms with Gasteiger partial charge in [0, 0.05) is 32.4 Å². The van der Waals surface area contributed by atoms with Crippen LogP contribution in [0.3, 0.4) is 0 Å². The number of aromatic carboxylic acids is 1. The smallest absolute Gasteiger partial charge is 0.414 e. The Morgan fingerprint density at radius 3 is 2.49 bits per heavy atom. The standard InChI is InChI=1S/C29H30F2N4O6/c1-3-4-18-13-35(29(39)41-18)17-5-6-23(21(30)11-17)32-7-9-33(10-8-32)25-22(31)12-19-24-27(25)40-15-16(2)34(24)14-20(26(19)36)28(37)38/h5-6,11-12,14,16,18H,3-4,7-10,13,15H2,1-2H3,(H,37,38)/t16?,18-/m0/s1. The molecular weight excluding hydrogens is 538 g/mol. The fraction of sp³-hybridized carbons (Fsp3) is 0.414. The Hall–Kier alpha value is -4.35. The molecule has 1 amide bonds. The first-order valence-corrected chi connectivity index (χ1v) is 13.7. The summed E-state index contributed by atoms with van der Waals surface area (Å²) in [5.41, 5.74) is 0.195. The fourth-order valence-electron chi connectivity index (χ4n) is 5.95. The monoisotopic (exact) mass is 568 g/mol. The summed E-state index contributed by atoms with van der Waals surface area (Å²) in [7, 11) is 0. The third-order valence-corrected chi connectivity index (χ3v) is 8.04. The molecule has 2 fully saturated rings. The van der Waals surface area contributed by atoms with Gasteiger partial charge in [-0.3, -0.25) is 9.69 Å². The zero-order valence-electron chi connectivity index (χ0n) is 22.7. The van der Waals surface area contributed by atoms with Crippen LogP contribution in [0.15, 0.2) is 35.3 Å². The number of piperazine rings is 1. The van der Waals surface area contributed by atoms with Gasteiger partial charge in [0.25, 0.3) is 0 Å². The predicted octanol–water partition coefficient (Wildman–Crippen LogP) is 4.38. The minimum atomic E-state index is -1.37. The Balaban J connectivity index is 1.25. The van der Waals surface area contributed by atoms with Crippen molar-refractivity contribution in [3.05, 3.63) is 57.9 Å². The summed E-state index contributed by atoms with van der Waals surface area (Å²) < 4.78 is 43.8. The number of halogens is 2. The number of carbonyl (C=O) groups is 2. The van der Waals surface area contributed by atoms with Crippen molar-refractivity contribution in [3.63, 3.8) is 0 Å². The molecule has 12 heteroatoms. The molecule has 1 aromatic heterocycles. The number of carboxylic acids is 1. The van der Waals surface area contributed by atoms with E-state index in [0.29, 0.717) is 49.6 Å². The molecule has 10 nitrogen and oxygen atoms in total. The first-order chi connectivity index (χ1) is 19.7. The second kappa shape index (κ2) is 10.2. The number of carboxylic acid groups (broad SMARTS) is 1. The lowest BCUT2D eigenvalue weighted by Crippen LogP contribution is -2.47. The summed E-state index contributed by atoms with van der Waals surface area (Å²) in [4.78, 5) is 41.9. The molecule has 0 saturated carbocycles. The number of hydrogen-bond donors (Lipinski definition) is 1. The number of aromatic nitrogens is 1. The molecule has 1 unspecified atom stereocenters. The van der Waals surface area contributed by atoms with Crippen LogP contribution in [-0.2, 0) is 4.74 Å². The molecule has 3 aliphatic rings. The van der Waals surface area contributed by atoms with Crippen LogP contribution in [0.2, 0.25) is 0 Å². The van der Waals surface area contributed by atoms with Crippen LogP contribution in [0.1, 0.15) is 43.1 Å². The van der Waals surface area contributed by atoms with Crippen molar-refractivity contribution < 1.29 is 33.0 Å². The Morgan fingerprint density at radius 1 is 1.07 bits per heavy atom. The lowest BCUT2D eigenvalue weighted by molar-refractivity contribution is 0.0694. The predicted molar refractivity (Wildman–Crippen MR) is 149 cm³/mol. The fourth-order valence-corrected chi connectivity index (χ4v) is 5.95. The molecule has 0 aliphatic carbocycles. The second-order valence-corrected chi connectivity index (χ2v) is 10.7. The zero-order valence-corrected chi connectivity index (χ0v) is 22.7. The zero-order chi connectivity index (χ0) is 29.0. The molecule has 2 atom stereocenters. The van der Waals surface area contributed by atoms with E-state index in [4.69, 9.17) is 9.47 Å². The van der Waals surface area contributed by atoms with E-state index in [1.807, 2.05) is 18.7 Å². The van der Waals surface area contributed by atoms with Crippen LogP contribution in [0, 0.1) is 11.6 Å². The van der Waals surface area contributed by atoms with Crippen molar-refractivity contribution in [2.75, 3.05) is 54.0 Å². The molecular formula is C29H30F2N4O6. The number of hydrogen-bond acceptors (Lipinski definition) is 7. The Labute approximate surface area is 234 Å². The summed E-state index contributed by atoms with van der Waals surface area (Å²) in [6.45, 7) is 5.89. The lowest BCUT2D eigenvalue weighted by Gasteiger charge is -2.39. The van der Waals surface area contributed by atoms with Gasteiger partial charge in [0.1, 0.15) is 29.8 Å². The first kappa shape index (κ1) is 26.9. The molecule has 0 spiro atoms. The maximum absolute atomic E-state index is 15.6. The molecule has 0 bridgehead atoms. The summed E-state index contributed by atoms with van der Waals surface area (Å²) in [6, 6.07) is 5.51. The van der Waals surface area contributed by atoms with Gasteiger partial charge >= 0.3 is 12.1 Å². The maximum Gasteiger partial charge on any atom is 0.414 e. The highest BCUT2D eigenvalue weighted by atomic mass is 19.1. The summed E-state index contributed by atoms with van der Waals surface area (Å²) in [5, 5.41) is 9.45. The van der Waals surface area contributed by atoms with Crippen LogP contribution in [0.4, 0.5) is 30.6 Å². The number of cyclic esters (lactones) is 1. The number of nitrogens with zero attached hydrogens (tertiary/aromatic N) is 4. The van der Waals surface area contributed by atoms with E-state index in [9.17, 15) is 19.5 Å². The number of anilines is 3. The SMILES string of the molecule is CCC[C@H]1CN(c2ccc(N3CCN(c4c(F)cc5c(=O)c(C(=O)O)cn6c5c4OCC6C)CC3)c(F)c2)C(=O)O1. The third-order valence-electron chi connectivity index (χ3n) is 8.04. The highest BCUT2D eigenvalue weighted by Gasteiger charge is 2.34. The number of pyridine rings is 1. The van der Waals surface area contributed by atoms with Gasteiger partial charge in [-0.15, -0.1) is 0 Å². The van der Waals surface area contributed by atoms with E-state index in [1.165, 1.54) is 17.2 Å². The molecule has 2 aromatic carbocycles. The van der Waals surface area contributed by atoms with Crippen LogP contribution in [-0.4, -0.2) is 67.2 Å². The highest BCUT2D eigenvalue weighted by Crippen LogP contribution is 2.42. The van der Waals surface area contributed by atoms with Gasteiger partial charge in [-0.05, 0) is 37.6 Å². The van der Waals surface area contributed by atoms with E-state index in [-0.39, 0.29) is 35.6 Å². The van der Waals surface area contributed by atoms with Crippen LogP contribution >= 0.6 is 0 Å². The van der Waals surface area contributed by atoms with E-state index in [1.54, 1.807) is 21.6 Å². The van der Waals surface area contributed by atoms with Crippen LogP contribution in [0.5, 0.6) is 5.75 Å². The van der Waals surface area contributed by atoms with E-state index in [0.717, 1.165) is 18.9 Å². The Kier molecular flexibility index (Phi) is 6.71. The second-order valence-electron chi connectivity index (χ2n) is 10.7. The Morgan fingerprint density at radius 2 is 1.80 bits per heavy atom. The topological polar surface area (TPSA) is 105 Å². The number of benzene rings is 2. The minimum Gasteiger partial charge on any atom is -0.487 e. The number of carbonyl (C=O) groups excluding carboxylic acids is 1. The molecule has 216 valence electrons. The molecule has 3 aromatic rings. The van der Waals surface area contributed by atoms with Gasteiger partial charge in [-0.25, -0.2) is 18.4 Å². The van der Waals surface area contributed by atoms with Crippen molar-refractivity contribution in [1.82, 2.24) is 4.57 Å². The normalized spacial score (nSPS) is 20.4. The summed E-state index contributed by atoms with van der Waals surface area (Å²) >= 11 is 0. The largest absolute Gasteiger partial charge is 0.487 e. The molecule has 1 N–H and O–H groups in total. The summed E-state index contributed by atoms with van der Waals surface area (Å²) in [6.07, 6.45) is 2.24. The molecule has 0 radical (unpaired) electrons. The van der Waals surface area contributed by atoms with Crippen LogP contribution < -0.4 is 24.9 Å². The average molecular weight is 569 g/mol. The molecule has 2 saturated heterocycles. The lowest BCUT2D eigenvalue weighted by atomic mass is 10.1. The van der Waals surface area contributed by atoms with Gasteiger partial charge in [0.15, 0.2) is 11.6 Å². The number of ether oxygens (including phenoxy) is 2. The minimum absolute atomic E-state index is 0.0450. The third kappa shape index (κ3) is 4.51. The van der Waals surface area contributed by atoms with Crippen LogP contribution in [0.25, 0.3) is 10.9 Å². The summed E-state index contributed by atoms with van der Waals surface area (Å²) in [5.74, 6) is -2.32.